The molecule has 22 heavy (non-hydrogen) atoms. The summed E-state index contributed by atoms with van der Waals surface area (Å²) in [5, 5.41) is 13.6. The molecule has 1 heterocycles. The smallest absolute Gasteiger partial charge is 0.395 e. The summed E-state index contributed by atoms with van der Waals surface area (Å²) in [5.41, 5.74) is -1.47. The van der Waals surface area contributed by atoms with Crippen LogP contribution in [0.4, 0.5) is 11.4 Å². The number of hydrogen-bond acceptors (Lipinski definition) is 6. The summed E-state index contributed by atoms with van der Waals surface area (Å²) in [7, 11) is 0. The van der Waals surface area contributed by atoms with E-state index >= 15 is 0 Å². The first-order chi connectivity index (χ1) is 10.5. The second-order valence-corrected chi connectivity index (χ2v) is 4.37. The number of hydrogen-bond donors (Lipinski definition) is 2. The van der Waals surface area contributed by atoms with E-state index in [2.05, 4.69) is 15.3 Å². The van der Waals surface area contributed by atoms with Gasteiger partial charge < -0.3 is 15.0 Å². The number of carbonyl (C=O) groups excluding carboxylic acids is 1. The fourth-order valence-corrected chi connectivity index (χ4v) is 1.71. The van der Waals surface area contributed by atoms with E-state index in [-0.39, 0.29) is 0 Å². The van der Waals surface area contributed by atoms with Crippen LogP contribution in [0.15, 0.2) is 35.4 Å². The maximum absolute atomic E-state index is 11.7. The van der Waals surface area contributed by atoms with Crippen molar-refractivity contribution in [3.8, 4) is 5.88 Å². The minimum atomic E-state index is -0.971. The fourth-order valence-electron chi connectivity index (χ4n) is 1.53. The molecule has 0 aliphatic rings. The standard InChI is InChI=1S/C12H9ClN4O5/c13-7-3-1-2-4-8(7)16-9(18)5-22-12-10(17(20)21)11(19)14-6-15-12/h1-4,6H,5H2,(H,16,18)(H,14,15,19). The maximum atomic E-state index is 11.7. The Morgan fingerprint density at radius 3 is 2.86 bits per heavy atom. The Hall–Kier alpha value is -2.94. The number of amides is 1. The molecule has 2 rings (SSSR count). The Morgan fingerprint density at radius 1 is 1.45 bits per heavy atom. The van der Waals surface area contributed by atoms with Crippen molar-refractivity contribution in [1.29, 1.82) is 0 Å². The summed E-state index contributed by atoms with van der Waals surface area (Å²) >= 11 is 5.87. The van der Waals surface area contributed by atoms with Crippen LogP contribution in [0.25, 0.3) is 0 Å². The summed E-state index contributed by atoms with van der Waals surface area (Å²) in [4.78, 5) is 38.5. The molecule has 9 nitrogen and oxygen atoms in total. The van der Waals surface area contributed by atoms with E-state index in [1.165, 1.54) is 0 Å². The summed E-state index contributed by atoms with van der Waals surface area (Å²) in [6.07, 6.45) is 0.941. The molecular formula is C12H9ClN4O5. The second-order valence-electron chi connectivity index (χ2n) is 3.96. The van der Waals surface area contributed by atoms with Gasteiger partial charge >= 0.3 is 17.1 Å². The number of nitrogens with zero attached hydrogens (tertiary/aromatic N) is 2. The third-order valence-corrected chi connectivity index (χ3v) is 2.80. The van der Waals surface area contributed by atoms with Crippen LogP contribution in [0.1, 0.15) is 0 Å². The number of benzene rings is 1. The lowest BCUT2D eigenvalue weighted by Crippen LogP contribution is -2.22. The van der Waals surface area contributed by atoms with Crippen molar-refractivity contribution in [3.63, 3.8) is 0 Å². The number of nitrogens with one attached hydrogen (secondary N) is 2. The number of halogens is 1. The van der Waals surface area contributed by atoms with Crippen LogP contribution < -0.4 is 15.6 Å². The van der Waals surface area contributed by atoms with Crippen molar-refractivity contribution < 1.29 is 14.5 Å². The van der Waals surface area contributed by atoms with E-state index in [4.69, 9.17) is 16.3 Å². The second kappa shape index (κ2) is 6.68. The summed E-state index contributed by atoms with van der Waals surface area (Å²) < 4.78 is 4.93. The molecule has 0 aliphatic carbocycles. The highest BCUT2D eigenvalue weighted by atomic mass is 35.5. The zero-order chi connectivity index (χ0) is 16.1. The Balaban J connectivity index is 2.06. The molecule has 0 atom stereocenters. The first-order valence-corrected chi connectivity index (χ1v) is 6.26. The van der Waals surface area contributed by atoms with Gasteiger partial charge in [-0.05, 0) is 12.1 Å². The zero-order valence-corrected chi connectivity index (χ0v) is 11.7. The monoisotopic (exact) mass is 324 g/mol. The topological polar surface area (TPSA) is 127 Å². The van der Waals surface area contributed by atoms with Crippen LogP contribution in [0, 0.1) is 10.1 Å². The average molecular weight is 325 g/mol. The van der Waals surface area contributed by atoms with Gasteiger partial charge in [-0.3, -0.25) is 19.7 Å². The van der Waals surface area contributed by atoms with Crippen molar-refractivity contribution in [2.24, 2.45) is 0 Å². The minimum Gasteiger partial charge on any atom is -0.462 e. The highest BCUT2D eigenvalue weighted by molar-refractivity contribution is 6.33. The van der Waals surface area contributed by atoms with Crippen molar-refractivity contribution in [3.05, 3.63) is 56.1 Å². The number of H-pyrrole nitrogens is 1. The number of carbonyl (C=O) groups is 1. The molecule has 0 bridgehead atoms. The number of anilines is 1. The van der Waals surface area contributed by atoms with Gasteiger partial charge in [0.05, 0.1) is 22.0 Å². The van der Waals surface area contributed by atoms with Gasteiger partial charge in [0.1, 0.15) is 0 Å². The van der Waals surface area contributed by atoms with Crippen LogP contribution >= 0.6 is 11.6 Å². The molecule has 2 N–H and O–H groups in total. The molecular weight excluding hydrogens is 316 g/mol. The average Bonchev–Trinajstić information content (AvgIpc) is 2.47. The lowest BCUT2D eigenvalue weighted by molar-refractivity contribution is -0.387. The van der Waals surface area contributed by atoms with Crippen LogP contribution in [0.2, 0.25) is 5.02 Å². The predicted octanol–water partition coefficient (Wildman–Crippen LogP) is 1.35. The number of nitro groups is 1. The minimum absolute atomic E-state index is 0.330. The summed E-state index contributed by atoms with van der Waals surface area (Å²) in [5.74, 6) is -1.15. The molecule has 0 unspecified atom stereocenters. The van der Waals surface area contributed by atoms with Crippen molar-refractivity contribution in [2.75, 3.05) is 11.9 Å². The number of ether oxygens (including phenoxy) is 1. The van der Waals surface area contributed by atoms with E-state index in [0.29, 0.717) is 10.7 Å². The molecule has 0 fully saturated rings. The van der Waals surface area contributed by atoms with Gasteiger partial charge in [0.2, 0.25) is 0 Å². The molecule has 2 aromatic rings. The Kier molecular flexibility index (Phi) is 4.69. The molecule has 0 spiro atoms. The summed E-state index contributed by atoms with van der Waals surface area (Å²) in [6, 6.07) is 6.53. The molecule has 0 radical (unpaired) electrons. The van der Waals surface area contributed by atoms with Gasteiger partial charge in [0.15, 0.2) is 6.61 Å². The van der Waals surface area contributed by atoms with E-state index in [1.807, 2.05) is 0 Å². The lowest BCUT2D eigenvalue weighted by Gasteiger charge is -2.07. The molecule has 1 aromatic heterocycles. The SMILES string of the molecule is O=C(COc1nc[nH]c(=O)c1[N+](=O)[O-])Nc1ccccc1Cl. The molecule has 10 heteroatoms. The number of aromatic nitrogens is 2. The third kappa shape index (κ3) is 3.58. The molecule has 0 aliphatic heterocycles. The van der Waals surface area contributed by atoms with E-state index in [0.717, 1.165) is 6.33 Å². The molecule has 114 valence electrons. The largest absolute Gasteiger partial charge is 0.462 e. The maximum Gasteiger partial charge on any atom is 0.395 e. The van der Waals surface area contributed by atoms with Gasteiger partial charge in [-0.15, -0.1) is 0 Å². The number of rotatable bonds is 5. The highest BCUT2D eigenvalue weighted by Crippen LogP contribution is 2.21. The van der Waals surface area contributed by atoms with E-state index in [9.17, 15) is 19.7 Å². The first kappa shape index (κ1) is 15.4. The normalized spacial score (nSPS) is 10.0. The van der Waals surface area contributed by atoms with Crippen LogP contribution in [0.5, 0.6) is 5.88 Å². The van der Waals surface area contributed by atoms with Crippen molar-refractivity contribution >= 4 is 28.9 Å². The lowest BCUT2D eigenvalue weighted by atomic mass is 10.3. The fraction of sp³-hybridized carbons (Fsp3) is 0.0833. The van der Waals surface area contributed by atoms with Gasteiger partial charge in [-0.2, -0.15) is 4.98 Å². The van der Waals surface area contributed by atoms with Crippen LogP contribution in [0.3, 0.4) is 0 Å². The number of aromatic amines is 1. The third-order valence-electron chi connectivity index (χ3n) is 2.47. The molecule has 1 aromatic carbocycles. The molecule has 1 amide bonds. The highest BCUT2D eigenvalue weighted by Gasteiger charge is 2.22. The van der Waals surface area contributed by atoms with Gasteiger partial charge in [-0.25, -0.2) is 0 Å². The van der Waals surface area contributed by atoms with Gasteiger partial charge in [0.25, 0.3) is 5.91 Å². The van der Waals surface area contributed by atoms with Crippen LogP contribution in [-0.4, -0.2) is 27.4 Å². The zero-order valence-electron chi connectivity index (χ0n) is 10.9. The Labute approximate surface area is 128 Å². The predicted molar refractivity (Wildman–Crippen MR) is 77.1 cm³/mol. The van der Waals surface area contributed by atoms with Gasteiger partial charge in [0, 0.05) is 0 Å². The van der Waals surface area contributed by atoms with E-state index in [1.54, 1.807) is 24.3 Å². The van der Waals surface area contributed by atoms with Crippen LogP contribution in [-0.2, 0) is 4.79 Å². The molecule has 0 saturated heterocycles. The Morgan fingerprint density at radius 2 is 2.18 bits per heavy atom. The first-order valence-electron chi connectivity index (χ1n) is 5.88. The quantitative estimate of drug-likeness (QED) is 0.631. The molecule has 0 saturated carbocycles. The summed E-state index contributed by atoms with van der Waals surface area (Å²) in [6.45, 7) is -0.567. The Bertz CT molecular complexity index is 776. The van der Waals surface area contributed by atoms with Crippen molar-refractivity contribution in [1.82, 2.24) is 9.97 Å². The number of para-hydroxylation sites is 1. The van der Waals surface area contributed by atoms with Crippen molar-refractivity contribution in [2.45, 2.75) is 0 Å². The van der Waals surface area contributed by atoms with Gasteiger partial charge in [-0.1, -0.05) is 23.7 Å². The van der Waals surface area contributed by atoms with E-state index < -0.39 is 34.6 Å².